The number of phenols is 1. The molecule has 2 unspecified atom stereocenters. The first-order valence-electron chi connectivity index (χ1n) is 12.5. The molecule has 0 radical (unpaired) electrons. The van der Waals surface area contributed by atoms with Gasteiger partial charge in [0.2, 0.25) is 11.8 Å². The summed E-state index contributed by atoms with van der Waals surface area (Å²) in [6.07, 6.45) is 6.92. The van der Waals surface area contributed by atoms with Crippen LogP contribution < -0.4 is 10.6 Å². The maximum Gasteiger partial charge on any atom is 0.408 e. The van der Waals surface area contributed by atoms with Crippen LogP contribution in [0.4, 0.5) is 4.79 Å². The summed E-state index contributed by atoms with van der Waals surface area (Å²) in [5, 5.41) is 16.4. The van der Waals surface area contributed by atoms with Crippen LogP contribution >= 0.6 is 0 Å². The lowest BCUT2D eigenvalue weighted by Gasteiger charge is -2.43. The molecule has 3 amide bonds. The van der Waals surface area contributed by atoms with Crippen LogP contribution in [-0.2, 0) is 14.3 Å². The molecule has 0 spiro atoms. The van der Waals surface area contributed by atoms with Gasteiger partial charge in [-0.2, -0.15) is 0 Å². The molecule has 0 bridgehead atoms. The van der Waals surface area contributed by atoms with E-state index in [0.717, 1.165) is 51.4 Å². The van der Waals surface area contributed by atoms with Crippen molar-refractivity contribution >= 4 is 17.9 Å². The summed E-state index contributed by atoms with van der Waals surface area (Å²) >= 11 is 0. The Balaban J connectivity index is 1.88. The second-order valence-corrected chi connectivity index (χ2v) is 10.5. The van der Waals surface area contributed by atoms with E-state index in [9.17, 15) is 19.5 Å². The van der Waals surface area contributed by atoms with Crippen molar-refractivity contribution in [2.45, 2.75) is 109 Å². The first-order chi connectivity index (χ1) is 16.1. The van der Waals surface area contributed by atoms with E-state index in [2.05, 4.69) is 10.6 Å². The smallest absolute Gasteiger partial charge is 0.408 e. The van der Waals surface area contributed by atoms with Gasteiger partial charge < -0.3 is 25.4 Å². The first kappa shape index (κ1) is 25.8. The van der Waals surface area contributed by atoms with E-state index in [1.165, 1.54) is 6.07 Å². The predicted molar refractivity (Wildman–Crippen MR) is 129 cm³/mol. The van der Waals surface area contributed by atoms with Crippen molar-refractivity contribution in [1.82, 2.24) is 15.5 Å². The van der Waals surface area contributed by atoms with Crippen LogP contribution in [0.2, 0.25) is 0 Å². The van der Waals surface area contributed by atoms with E-state index in [1.807, 2.05) is 0 Å². The maximum atomic E-state index is 13.7. The Morgan fingerprint density at radius 3 is 2.24 bits per heavy atom. The molecule has 2 atom stereocenters. The van der Waals surface area contributed by atoms with Crippen molar-refractivity contribution < 1.29 is 24.2 Å². The minimum absolute atomic E-state index is 0.0313. The third-order valence-corrected chi connectivity index (χ3v) is 6.54. The minimum Gasteiger partial charge on any atom is -0.508 e. The molecule has 34 heavy (non-hydrogen) atoms. The second kappa shape index (κ2) is 11.1. The van der Waals surface area contributed by atoms with Crippen molar-refractivity contribution in [3.63, 3.8) is 0 Å². The van der Waals surface area contributed by atoms with Crippen LogP contribution in [-0.4, -0.2) is 51.6 Å². The Morgan fingerprint density at radius 1 is 1.03 bits per heavy atom. The Kier molecular flexibility index (Phi) is 8.44. The third kappa shape index (κ3) is 6.64. The van der Waals surface area contributed by atoms with Gasteiger partial charge in [0.1, 0.15) is 23.4 Å². The molecular weight excluding hydrogens is 434 g/mol. The summed E-state index contributed by atoms with van der Waals surface area (Å²) in [5.41, 5.74) is -0.306. The van der Waals surface area contributed by atoms with Crippen LogP contribution in [0.15, 0.2) is 24.3 Å². The van der Waals surface area contributed by atoms with Crippen LogP contribution in [0, 0.1) is 0 Å². The van der Waals surface area contributed by atoms with Gasteiger partial charge in [0.05, 0.1) is 0 Å². The number of nitrogens with one attached hydrogen (secondary N) is 2. The van der Waals surface area contributed by atoms with Crippen LogP contribution in [0.3, 0.4) is 0 Å². The van der Waals surface area contributed by atoms with Crippen molar-refractivity contribution in [3.05, 3.63) is 29.8 Å². The molecule has 8 nitrogen and oxygen atoms in total. The van der Waals surface area contributed by atoms with Crippen molar-refractivity contribution in [3.8, 4) is 5.75 Å². The number of ether oxygens (including phenoxy) is 1. The summed E-state index contributed by atoms with van der Waals surface area (Å²) in [7, 11) is 0. The normalized spacial score (nSPS) is 18.8. The number of amides is 3. The Bertz CT molecular complexity index is 871. The second-order valence-electron chi connectivity index (χ2n) is 10.5. The van der Waals surface area contributed by atoms with Crippen LogP contribution in [0.1, 0.15) is 90.7 Å². The molecule has 2 aliphatic carbocycles. The van der Waals surface area contributed by atoms with Crippen LogP contribution in [0.5, 0.6) is 5.75 Å². The number of aromatic hydroxyl groups is 1. The third-order valence-electron chi connectivity index (χ3n) is 6.54. The molecule has 3 N–H and O–H groups in total. The lowest BCUT2D eigenvalue weighted by molar-refractivity contribution is -0.147. The summed E-state index contributed by atoms with van der Waals surface area (Å²) in [6, 6.07) is 4.70. The number of phenolic OH excluding ortho intramolecular Hbond substituents is 1. The number of alkyl carbamates (subject to hydrolysis) is 1. The highest BCUT2D eigenvalue weighted by Crippen LogP contribution is 2.37. The van der Waals surface area contributed by atoms with Crippen molar-refractivity contribution in [2.75, 3.05) is 0 Å². The molecule has 0 aromatic heterocycles. The number of carbonyl (C=O) groups is 3. The quantitative estimate of drug-likeness (QED) is 0.551. The van der Waals surface area contributed by atoms with Gasteiger partial charge in [-0.3, -0.25) is 9.59 Å². The van der Waals surface area contributed by atoms with Crippen LogP contribution in [0.25, 0.3) is 0 Å². The zero-order valence-corrected chi connectivity index (χ0v) is 20.8. The number of hydrogen-bond acceptors (Lipinski definition) is 5. The van der Waals surface area contributed by atoms with E-state index in [0.29, 0.717) is 5.56 Å². The molecule has 1 aromatic carbocycles. The molecule has 1 aromatic rings. The summed E-state index contributed by atoms with van der Waals surface area (Å²) in [6.45, 7) is 6.86. The Morgan fingerprint density at radius 2 is 1.68 bits per heavy atom. The number of nitrogens with zero attached hydrogens (tertiary/aromatic N) is 1. The fraction of sp³-hybridized carbons (Fsp3) is 0.654. The van der Waals surface area contributed by atoms with Gasteiger partial charge in [0.15, 0.2) is 0 Å². The fourth-order valence-electron chi connectivity index (χ4n) is 4.62. The van der Waals surface area contributed by atoms with E-state index >= 15 is 0 Å². The molecule has 2 aliphatic rings. The SMILES string of the molecule is CC(NC(=O)OC(C)(C)C)C(=O)N(C1CCC1)C(C(=O)NC1CCCCC1)c1ccccc1O. The van der Waals surface area contributed by atoms with Gasteiger partial charge >= 0.3 is 6.09 Å². The number of rotatable bonds is 7. The monoisotopic (exact) mass is 473 g/mol. The zero-order valence-electron chi connectivity index (χ0n) is 20.8. The van der Waals surface area contributed by atoms with Gasteiger partial charge in [0.25, 0.3) is 0 Å². The summed E-state index contributed by atoms with van der Waals surface area (Å²) in [5.74, 6) is -0.697. The standard InChI is InChI=1S/C26H39N3O5/c1-17(27-25(33)34-26(2,3)4)24(32)29(19-13-10-14-19)22(20-15-8-9-16-21(20)30)23(31)28-18-11-6-5-7-12-18/h8-9,15-19,22,30H,5-7,10-14H2,1-4H3,(H,27,33)(H,28,31). The van der Waals surface area contributed by atoms with Gasteiger partial charge in [0, 0.05) is 17.6 Å². The van der Waals surface area contributed by atoms with Crippen molar-refractivity contribution in [2.24, 2.45) is 0 Å². The average Bonchev–Trinajstić information content (AvgIpc) is 2.72. The van der Waals surface area contributed by atoms with Crippen molar-refractivity contribution in [1.29, 1.82) is 0 Å². The highest BCUT2D eigenvalue weighted by Gasteiger charge is 2.42. The number of para-hydroxylation sites is 1. The number of benzene rings is 1. The molecule has 0 saturated heterocycles. The zero-order chi connectivity index (χ0) is 24.9. The van der Waals surface area contributed by atoms with E-state index in [4.69, 9.17) is 4.74 Å². The maximum absolute atomic E-state index is 13.7. The first-order valence-corrected chi connectivity index (χ1v) is 12.5. The molecule has 0 aliphatic heterocycles. The lowest BCUT2D eigenvalue weighted by atomic mass is 9.87. The molecule has 0 heterocycles. The molecule has 8 heteroatoms. The molecular formula is C26H39N3O5. The van der Waals surface area contributed by atoms with Gasteiger partial charge in [-0.25, -0.2) is 4.79 Å². The van der Waals surface area contributed by atoms with E-state index in [1.54, 1.807) is 50.8 Å². The predicted octanol–water partition coefficient (Wildman–Crippen LogP) is 4.18. The van der Waals surface area contributed by atoms with E-state index in [-0.39, 0.29) is 29.6 Å². The minimum atomic E-state index is -0.983. The Hall–Kier alpha value is -2.77. The molecule has 188 valence electrons. The molecule has 3 rings (SSSR count). The van der Waals surface area contributed by atoms with Gasteiger partial charge in [-0.1, -0.05) is 37.5 Å². The Labute approximate surface area is 202 Å². The highest BCUT2D eigenvalue weighted by atomic mass is 16.6. The molecule has 2 fully saturated rings. The summed E-state index contributed by atoms with van der Waals surface area (Å²) < 4.78 is 5.31. The average molecular weight is 474 g/mol. The fourth-order valence-corrected chi connectivity index (χ4v) is 4.62. The highest BCUT2D eigenvalue weighted by molar-refractivity contribution is 5.92. The molecule has 2 saturated carbocycles. The number of hydrogen-bond donors (Lipinski definition) is 3. The van der Waals surface area contributed by atoms with Gasteiger partial charge in [-0.15, -0.1) is 0 Å². The van der Waals surface area contributed by atoms with E-state index < -0.39 is 23.8 Å². The van der Waals surface area contributed by atoms with Gasteiger partial charge in [-0.05, 0) is 65.9 Å². The largest absolute Gasteiger partial charge is 0.508 e. The topological polar surface area (TPSA) is 108 Å². The lowest BCUT2D eigenvalue weighted by Crippen LogP contribution is -2.57. The number of carbonyl (C=O) groups excluding carboxylic acids is 3. The summed E-state index contributed by atoms with van der Waals surface area (Å²) in [4.78, 5) is 41.2.